The van der Waals surface area contributed by atoms with Gasteiger partial charge in [-0.25, -0.2) is 0 Å². The first kappa shape index (κ1) is 8.34. The van der Waals surface area contributed by atoms with Gasteiger partial charge in [-0.3, -0.25) is 0 Å². The van der Waals surface area contributed by atoms with Gasteiger partial charge in [-0.05, 0) is 11.8 Å². The largest absolute Gasteiger partial charge is 0.302 e. The van der Waals surface area contributed by atoms with Crippen LogP contribution in [0.5, 0.6) is 0 Å². The van der Waals surface area contributed by atoms with E-state index in [-0.39, 0.29) is 5.25 Å². The molecule has 1 aromatic rings. The summed E-state index contributed by atoms with van der Waals surface area (Å²) in [6.07, 6.45) is 2.91. The molecule has 1 atom stereocenters. The fourth-order valence-electron chi connectivity index (χ4n) is 0.913. The SMILES string of the molecule is CSC(C=O)c1ccccc1. The Morgan fingerprint density at radius 1 is 1.36 bits per heavy atom. The number of rotatable bonds is 3. The Morgan fingerprint density at radius 3 is 2.45 bits per heavy atom. The van der Waals surface area contributed by atoms with E-state index >= 15 is 0 Å². The van der Waals surface area contributed by atoms with Gasteiger partial charge in [0, 0.05) is 0 Å². The van der Waals surface area contributed by atoms with Gasteiger partial charge in [0.25, 0.3) is 0 Å². The number of benzene rings is 1. The van der Waals surface area contributed by atoms with Crippen molar-refractivity contribution in [3.8, 4) is 0 Å². The highest BCUT2D eigenvalue weighted by Gasteiger charge is 2.05. The van der Waals surface area contributed by atoms with Gasteiger partial charge in [-0.2, -0.15) is 0 Å². The van der Waals surface area contributed by atoms with E-state index < -0.39 is 0 Å². The number of aldehydes is 1. The third kappa shape index (κ3) is 2.09. The molecule has 0 aliphatic heterocycles. The number of carbonyl (C=O) groups excluding carboxylic acids is 1. The molecule has 1 rings (SSSR count). The standard InChI is InChI=1S/C9H10OS/c1-11-9(7-10)8-5-3-2-4-6-8/h2-7,9H,1H3. The molecule has 0 fully saturated rings. The van der Waals surface area contributed by atoms with E-state index in [4.69, 9.17) is 0 Å². The topological polar surface area (TPSA) is 17.1 Å². The van der Waals surface area contributed by atoms with Crippen molar-refractivity contribution in [2.24, 2.45) is 0 Å². The van der Waals surface area contributed by atoms with Crippen molar-refractivity contribution >= 4 is 18.0 Å². The van der Waals surface area contributed by atoms with Crippen LogP contribution in [0, 0.1) is 0 Å². The summed E-state index contributed by atoms with van der Waals surface area (Å²) in [7, 11) is 0. The molecule has 0 aliphatic rings. The molecule has 0 spiro atoms. The van der Waals surface area contributed by atoms with Crippen LogP contribution in [0.3, 0.4) is 0 Å². The fourth-order valence-corrected chi connectivity index (χ4v) is 1.45. The lowest BCUT2D eigenvalue weighted by molar-refractivity contribution is -0.107. The lowest BCUT2D eigenvalue weighted by Crippen LogP contribution is -1.92. The summed E-state index contributed by atoms with van der Waals surface area (Å²) in [5.41, 5.74) is 1.08. The maximum Gasteiger partial charge on any atom is 0.137 e. The van der Waals surface area contributed by atoms with Crippen molar-refractivity contribution in [3.05, 3.63) is 35.9 Å². The Kier molecular flexibility index (Phi) is 3.17. The number of thioether (sulfide) groups is 1. The molecular weight excluding hydrogens is 156 g/mol. The quantitative estimate of drug-likeness (QED) is 0.641. The van der Waals surface area contributed by atoms with Crippen molar-refractivity contribution in [3.63, 3.8) is 0 Å². The molecule has 0 radical (unpaired) electrons. The molecule has 1 aromatic carbocycles. The summed E-state index contributed by atoms with van der Waals surface area (Å²) in [4.78, 5) is 10.5. The molecule has 1 nitrogen and oxygen atoms in total. The zero-order valence-corrected chi connectivity index (χ0v) is 7.17. The Hall–Kier alpha value is -0.760. The molecule has 0 heterocycles. The second-order valence-electron chi connectivity index (χ2n) is 2.20. The Labute approximate surface area is 70.8 Å². The van der Waals surface area contributed by atoms with Crippen LogP contribution in [0.25, 0.3) is 0 Å². The molecule has 1 unspecified atom stereocenters. The third-order valence-electron chi connectivity index (χ3n) is 1.51. The normalized spacial score (nSPS) is 12.5. The highest BCUT2D eigenvalue weighted by atomic mass is 32.2. The molecule has 0 aromatic heterocycles. The van der Waals surface area contributed by atoms with Crippen LogP contribution in [0.4, 0.5) is 0 Å². The van der Waals surface area contributed by atoms with Gasteiger partial charge in [0.05, 0.1) is 5.25 Å². The van der Waals surface area contributed by atoms with E-state index in [0.717, 1.165) is 11.8 Å². The maximum absolute atomic E-state index is 10.5. The van der Waals surface area contributed by atoms with Crippen LogP contribution < -0.4 is 0 Å². The van der Waals surface area contributed by atoms with Gasteiger partial charge in [0.2, 0.25) is 0 Å². The number of hydrogen-bond donors (Lipinski definition) is 0. The molecule has 0 amide bonds. The van der Waals surface area contributed by atoms with Crippen molar-refractivity contribution in [2.75, 3.05) is 6.26 Å². The van der Waals surface area contributed by atoms with Gasteiger partial charge >= 0.3 is 0 Å². The highest BCUT2D eigenvalue weighted by molar-refractivity contribution is 7.99. The summed E-state index contributed by atoms with van der Waals surface area (Å²) < 4.78 is 0. The molecule has 0 saturated carbocycles. The van der Waals surface area contributed by atoms with Crippen molar-refractivity contribution in [1.82, 2.24) is 0 Å². The molecule has 0 N–H and O–H groups in total. The van der Waals surface area contributed by atoms with Crippen molar-refractivity contribution in [2.45, 2.75) is 5.25 Å². The first-order valence-electron chi connectivity index (χ1n) is 3.41. The number of hydrogen-bond acceptors (Lipinski definition) is 2. The molecular formula is C9H10OS. The summed E-state index contributed by atoms with van der Waals surface area (Å²) in [6.45, 7) is 0. The predicted molar refractivity (Wildman–Crippen MR) is 48.8 cm³/mol. The minimum atomic E-state index is -0.00352. The monoisotopic (exact) mass is 166 g/mol. The Balaban J connectivity index is 2.82. The molecule has 58 valence electrons. The summed E-state index contributed by atoms with van der Waals surface area (Å²) >= 11 is 1.55. The van der Waals surface area contributed by atoms with Crippen LogP contribution in [0.2, 0.25) is 0 Å². The van der Waals surface area contributed by atoms with Crippen LogP contribution in [0.1, 0.15) is 10.8 Å². The maximum atomic E-state index is 10.5. The Bertz CT molecular complexity index is 220. The smallest absolute Gasteiger partial charge is 0.137 e. The van der Waals surface area contributed by atoms with Crippen LogP contribution in [-0.4, -0.2) is 12.5 Å². The van der Waals surface area contributed by atoms with Crippen LogP contribution >= 0.6 is 11.8 Å². The molecule has 11 heavy (non-hydrogen) atoms. The summed E-state index contributed by atoms with van der Waals surface area (Å²) in [5.74, 6) is 0. The predicted octanol–water partition coefficient (Wildman–Crippen LogP) is 2.29. The second-order valence-corrected chi connectivity index (χ2v) is 3.18. The van der Waals surface area contributed by atoms with E-state index in [0.29, 0.717) is 0 Å². The molecule has 0 aliphatic carbocycles. The summed E-state index contributed by atoms with van der Waals surface area (Å²) in [6, 6.07) is 9.78. The highest BCUT2D eigenvalue weighted by Crippen LogP contribution is 2.23. The van der Waals surface area contributed by atoms with Gasteiger partial charge in [0.1, 0.15) is 6.29 Å². The first-order valence-corrected chi connectivity index (χ1v) is 4.70. The minimum absolute atomic E-state index is 0.00352. The van der Waals surface area contributed by atoms with Gasteiger partial charge in [-0.1, -0.05) is 30.3 Å². The molecule has 0 saturated heterocycles. The Morgan fingerprint density at radius 2 is 2.00 bits per heavy atom. The zero-order chi connectivity index (χ0) is 8.10. The minimum Gasteiger partial charge on any atom is -0.302 e. The van der Waals surface area contributed by atoms with E-state index in [1.54, 1.807) is 11.8 Å². The van der Waals surface area contributed by atoms with Crippen LogP contribution in [-0.2, 0) is 4.79 Å². The summed E-state index contributed by atoms with van der Waals surface area (Å²) in [5, 5.41) is -0.00352. The van der Waals surface area contributed by atoms with Gasteiger partial charge in [0.15, 0.2) is 0 Å². The van der Waals surface area contributed by atoms with Gasteiger partial charge in [-0.15, -0.1) is 11.8 Å². The second kappa shape index (κ2) is 4.19. The van der Waals surface area contributed by atoms with Gasteiger partial charge < -0.3 is 4.79 Å². The van der Waals surface area contributed by atoms with E-state index in [2.05, 4.69) is 0 Å². The lowest BCUT2D eigenvalue weighted by atomic mass is 10.2. The fraction of sp³-hybridized carbons (Fsp3) is 0.222. The lowest BCUT2D eigenvalue weighted by Gasteiger charge is -2.05. The average Bonchev–Trinajstić information content (AvgIpc) is 2.09. The van der Waals surface area contributed by atoms with E-state index in [1.807, 2.05) is 36.6 Å². The van der Waals surface area contributed by atoms with Crippen molar-refractivity contribution < 1.29 is 4.79 Å². The third-order valence-corrected chi connectivity index (χ3v) is 2.40. The zero-order valence-electron chi connectivity index (χ0n) is 6.36. The first-order chi connectivity index (χ1) is 5.38. The molecule has 2 heteroatoms. The van der Waals surface area contributed by atoms with E-state index in [9.17, 15) is 4.79 Å². The van der Waals surface area contributed by atoms with E-state index in [1.165, 1.54) is 0 Å². The van der Waals surface area contributed by atoms with Crippen LogP contribution in [0.15, 0.2) is 30.3 Å². The molecule has 0 bridgehead atoms. The van der Waals surface area contributed by atoms with Crippen molar-refractivity contribution in [1.29, 1.82) is 0 Å². The average molecular weight is 166 g/mol. The number of carbonyl (C=O) groups is 1.